The van der Waals surface area contributed by atoms with E-state index in [9.17, 15) is 14.4 Å². The molecule has 3 amide bonds. The maximum atomic E-state index is 12.2. The SMILES string of the molecule is CCc1ccc(C(=O)NNC(=O)C(C)NC(=O)c2cccc(Cl)c2Cl)cc1. The van der Waals surface area contributed by atoms with Gasteiger partial charge in [0, 0.05) is 5.56 Å². The number of rotatable bonds is 5. The van der Waals surface area contributed by atoms with Gasteiger partial charge in [-0.2, -0.15) is 0 Å². The topological polar surface area (TPSA) is 87.3 Å². The Morgan fingerprint density at radius 2 is 1.63 bits per heavy atom. The van der Waals surface area contributed by atoms with Crippen molar-refractivity contribution in [2.24, 2.45) is 0 Å². The van der Waals surface area contributed by atoms with E-state index < -0.39 is 23.8 Å². The Bertz CT molecular complexity index is 854. The molecule has 27 heavy (non-hydrogen) atoms. The zero-order valence-electron chi connectivity index (χ0n) is 14.8. The molecule has 0 aliphatic rings. The van der Waals surface area contributed by atoms with Crippen molar-refractivity contribution < 1.29 is 14.4 Å². The Labute approximate surface area is 167 Å². The molecule has 1 unspecified atom stereocenters. The van der Waals surface area contributed by atoms with Gasteiger partial charge in [-0.3, -0.25) is 25.2 Å². The van der Waals surface area contributed by atoms with E-state index in [0.717, 1.165) is 12.0 Å². The van der Waals surface area contributed by atoms with Crippen molar-refractivity contribution in [2.45, 2.75) is 26.3 Å². The highest BCUT2D eigenvalue weighted by molar-refractivity contribution is 6.43. The molecule has 0 heterocycles. The van der Waals surface area contributed by atoms with E-state index in [0.29, 0.717) is 5.56 Å². The number of benzene rings is 2. The monoisotopic (exact) mass is 407 g/mol. The van der Waals surface area contributed by atoms with Gasteiger partial charge in [0.2, 0.25) is 0 Å². The molecule has 2 aromatic carbocycles. The molecule has 0 aliphatic carbocycles. The minimum atomic E-state index is -0.907. The molecule has 0 saturated carbocycles. The molecule has 0 saturated heterocycles. The molecule has 6 nitrogen and oxygen atoms in total. The summed E-state index contributed by atoms with van der Waals surface area (Å²) in [4.78, 5) is 36.4. The van der Waals surface area contributed by atoms with Crippen molar-refractivity contribution in [2.75, 3.05) is 0 Å². The zero-order valence-corrected chi connectivity index (χ0v) is 16.3. The largest absolute Gasteiger partial charge is 0.340 e. The molecular weight excluding hydrogens is 389 g/mol. The third kappa shape index (κ3) is 5.45. The quantitative estimate of drug-likeness (QED) is 0.665. The normalized spacial score (nSPS) is 11.4. The Hall–Kier alpha value is -2.57. The van der Waals surface area contributed by atoms with Gasteiger partial charge in [-0.15, -0.1) is 0 Å². The number of halogens is 2. The van der Waals surface area contributed by atoms with Crippen LogP contribution < -0.4 is 16.2 Å². The first-order valence-electron chi connectivity index (χ1n) is 8.27. The molecule has 0 aliphatic heterocycles. The van der Waals surface area contributed by atoms with Crippen LogP contribution in [0.15, 0.2) is 42.5 Å². The highest BCUT2D eigenvalue weighted by atomic mass is 35.5. The first-order chi connectivity index (χ1) is 12.8. The van der Waals surface area contributed by atoms with Crippen LogP contribution in [0, 0.1) is 0 Å². The maximum absolute atomic E-state index is 12.2. The van der Waals surface area contributed by atoms with E-state index in [1.165, 1.54) is 13.0 Å². The Balaban J connectivity index is 1.90. The standard InChI is InChI=1S/C19H19Cl2N3O3/c1-3-12-7-9-13(10-8-12)18(26)24-23-17(25)11(2)22-19(27)14-5-4-6-15(20)16(14)21/h4-11H,3H2,1-2H3,(H,22,27)(H,23,25)(H,24,26). The second kappa shape index (κ2) is 9.39. The van der Waals surface area contributed by atoms with Crippen LogP contribution in [0.2, 0.25) is 10.0 Å². The first kappa shape index (κ1) is 20.7. The van der Waals surface area contributed by atoms with Gasteiger partial charge in [0.25, 0.3) is 17.7 Å². The van der Waals surface area contributed by atoms with Crippen LogP contribution in [-0.4, -0.2) is 23.8 Å². The molecule has 0 bridgehead atoms. The lowest BCUT2D eigenvalue weighted by Gasteiger charge is -2.15. The van der Waals surface area contributed by atoms with Crippen molar-refractivity contribution in [1.82, 2.24) is 16.2 Å². The lowest BCUT2D eigenvalue weighted by Crippen LogP contribution is -2.51. The van der Waals surface area contributed by atoms with Crippen LogP contribution in [0.25, 0.3) is 0 Å². The fourth-order valence-electron chi connectivity index (χ4n) is 2.21. The van der Waals surface area contributed by atoms with Crippen molar-refractivity contribution in [3.05, 3.63) is 69.2 Å². The van der Waals surface area contributed by atoms with Crippen LogP contribution in [0.5, 0.6) is 0 Å². The van der Waals surface area contributed by atoms with Crippen LogP contribution in [0.1, 0.15) is 40.1 Å². The molecular formula is C19H19Cl2N3O3. The molecule has 2 aromatic rings. The molecule has 0 radical (unpaired) electrons. The summed E-state index contributed by atoms with van der Waals surface area (Å²) in [5.41, 5.74) is 6.27. The van der Waals surface area contributed by atoms with Crippen LogP contribution in [0.4, 0.5) is 0 Å². The molecule has 1 atom stereocenters. The Morgan fingerprint density at radius 1 is 0.963 bits per heavy atom. The summed E-state index contributed by atoms with van der Waals surface area (Å²) in [7, 11) is 0. The van der Waals surface area contributed by atoms with E-state index in [1.807, 2.05) is 19.1 Å². The fourth-order valence-corrected chi connectivity index (χ4v) is 2.60. The minimum absolute atomic E-state index is 0.105. The average molecular weight is 408 g/mol. The van der Waals surface area contributed by atoms with Gasteiger partial charge < -0.3 is 5.32 Å². The smallest absolute Gasteiger partial charge is 0.269 e. The van der Waals surface area contributed by atoms with Crippen molar-refractivity contribution in [1.29, 1.82) is 0 Å². The Kier molecular flexibility index (Phi) is 7.21. The highest BCUT2D eigenvalue weighted by Crippen LogP contribution is 2.25. The molecule has 0 aromatic heterocycles. The summed E-state index contributed by atoms with van der Waals surface area (Å²) in [6, 6.07) is 10.8. The number of carbonyl (C=O) groups is 3. The lowest BCUT2D eigenvalue weighted by atomic mass is 10.1. The summed E-state index contributed by atoms with van der Waals surface area (Å²) in [6.45, 7) is 3.50. The molecule has 2 rings (SSSR count). The molecule has 3 N–H and O–H groups in total. The number of aryl methyl sites for hydroxylation is 1. The fraction of sp³-hybridized carbons (Fsp3) is 0.211. The number of amides is 3. The van der Waals surface area contributed by atoms with Gasteiger partial charge in [-0.25, -0.2) is 0 Å². The predicted octanol–water partition coefficient (Wildman–Crippen LogP) is 3.14. The van der Waals surface area contributed by atoms with Gasteiger partial charge in [-0.1, -0.05) is 48.3 Å². The van der Waals surface area contributed by atoms with E-state index in [1.54, 1.807) is 24.3 Å². The van der Waals surface area contributed by atoms with Gasteiger partial charge >= 0.3 is 0 Å². The minimum Gasteiger partial charge on any atom is -0.340 e. The van der Waals surface area contributed by atoms with E-state index in [2.05, 4.69) is 16.2 Å². The van der Waals surface area contributed by atoms with Crippen LogP contribution >= 0.6 is 23.2 Å². The summed E-state index contributed by atoms with van der Waals surface area (Å²) in [5.74, 6) is -1.59. The summed E-state index contributed by atoms with van der Waals surface area (Å²) in [5, 5.41) is 2.84. The third-order valence-electron chi connectivity index (χ3n) is 3.86. The molecule has 0 fully saturated rings. The Morgan fingerprint density at radius 3 is 2.26 bits per heavy atom. The van der Waals surface area contributed by atoms with E-state index in [-0.39, 0.29) is 15.6 Å². The zero-order chi connectivity index (χ0) is 20.0. The number of carbonyl (C=O) groups excluding carboxylic acids is 3. The van der Waals surface area contributed by atoms with Crippen molar-refractivity contribution in [3.63, 3.8) is 0 Å². The van der Waals surface area contributed by atoms with E-state index in [4.69, 9.17) is 23.2 Å². The second-order valence-electron chi connectivity index (χ2n) is 5.79. The van der Waals surface area contributed by atoms with Crippen LogP contribution in [-0.2, 0) is 11.2 Å². The third-order valence-corrected chi connectivity index (χ3v) is 4.68. The van der Waals surface area contributed by atoms with E-state index >= 15 is 0 Å². The van der Waals surface area contributed by atoms with Crippen molar-refractivity contribution in [3.8, 4) is 0 Å². The molecule has 142 valence electrons. The van der Waals surface area contributed by atoms with Crippen molar-refractivity contribution >= 4 is 40.9 Å². The van der Waals surface area contributed by atoms with Gasteiger partial charge in [-0.05, 0) is 43.2 Å². The molecule has 0 spiro atoms. The summed E-state index contributed by atoms with van der Waals surface area (Å²) < 4.78 is 0. The van der Waals surface area contributed by atoms with Crippen LogP contribution in [0.3, 0.4) is 0 Å². The maximum Gasteiger partial charge on any atom is 0.269 e. The predicted molar refractivity (Wildman–Crippen MR) is 105 cm³/mol. The van der Waals surface area contributed by atoms with Gasteiger partial charge in [0.05, 0.1) is 15.6 Å². The van der Waals surface area contributed by atoms with Gasteiger partial charge in [0.1, 0.15) is 6.04 Å². The van der Waals surface area contributed by atoms with Gasteiger partial charge in [0.15, 0.2) is 0 Å². The highest BCUT2D eigenvalue weighted by Gasteiger charge is 2.19. The number of hydrazine groups is 1. The lowest BCUT2D eigenvalue weighted by molar-refractivity contribution is -0.123. The number of hydrogen-bond donors (Lipinski definition) is 3. The molecule has 8 heteroatoms. The number of hydrogen-bond acceptors (Lipinski definition) is 3. The average Bonchev–Trinajstić information content (AvgIpc) is 2.67. The number of nitrogens with one attached hydrogen (secondary N) is 3. The first-order valence-corrected chi connectivity index (χ1v) is 9.03. The summed E-state index contributed by atoms with van der Waals surface area (Å²) in [6.07, 6.45) is 0.868. The second-order valence-corrected chi connectivity index (χ2v) is 6.58. The summed E-state index contributed by atoms with van der Waals surface area (Å²) >= 11 is 11.9.